The van der Waals surface area contributed by atoms with E-state index in [1.165, 1.54) is 0 Å². The number of hydrogen-bond donors (Lipinski definition) is 2. The van der Waals surface area contributed by atoms with Crippen LogP contribution < -0.4 is 10.6 Å². The molecule has 2 N–H and O–H groups in total. The number of amides is 2. The van der Waals surface area contributed by atoms with Gasteiger partial charge in [0.25, 0.3) is 11.8 Å². The van der Waals surface area contributed by atoms with Crippen LogP contribution in [0.2, 0.25) is 5.02 Å². The molecule has 152 valence electrons. The zero-order valence-corrected chi connectivity index (χ0v) is 17.7. The second kappa shape index (κ2) is 8.61. The Morgan fingerprint density at radius 1 is 1.17 bits per heavy atom. The molecule has 2 amide bonds. The van der Waals surface area contributed by atoms with Crippen molar-refractivity contribution in [1.29, 1.82) is 0 Å². The van der Waals surface area contributed by atoms with Gasteiger partial charge < -0.3 is 10.6 Å². The Hall–Kier alpha value is -2.93. The van der Waals surface area contributed by atoms with E-state index in [1.807, 2.05) is 25.5 Å². The third-order valence-corrected chi connectivity index (χ3v) is 4.81. The Bertz CT molecular complexity index is 1070. The minimum atomic E-state index is -0.298. The molecule has 3 rings (SSSR count). The van der Waals surface area contributed by atoms with Gasteiger partial charge in [0.15, 0.2) is 5.65 Å². The number of rotatable bonds is 6. The first-order valence-corrected chi connectivity index (χ1v) is 9.93. The highest BCUT2D eigenvalue weighted by molar-refractivity contribution is 6.34. The number of hydrogen-bond acceptors (Lipinski definition) is 4. The number of carbonyl (C=O) groups excluding carboxylic acids is 2. The van der Waals surface area contributed by atoms with Crippen LogP contribution >= 0.6 is 11.6 Å². The second-order valence-corrected chi connectivity index (χ2v) is 7.53. The molecular formula is C21H24ClN5O2. The summed E-state index contributed by atoms with van der Waals surface area (Å²) in [5, 5.41) is 11.0. The molecule has 0 aliphatic rings. The number of anilines is 1. The van der Waals surface area contributed by atoms with Crippen molar-refractivity contribution in [3.63, 3.8) is 0 Å². The van der Waals surface area contributed by atoms with Crippen molar-refractivity contribution < 1.29 is 9.59 Å². The van der Waals surface area contributed by atoms with Crippen LogP contribution in [0, 0.1) is 6.92 Å². The first kappa shape index (κ1) is 20.8. The molecule has 1 aromatic carbocycles. The first-order valence-electron chi connectivity index (χ1n) is 9.55. The van der Waals surface area contributed by atoms with Crippen LogP contribution in [0.4, 0.5) is 5.69 Å². The Balaban J connectivity index is 1.82. The van der Waals surface area contributed by atoms with Crippen molar-refractivity contribution in [3.8, 4) is 0 Å². The largest absolute Gasteiger partial charge is 0.352 e. The number of nitrogens with one attached hydrogen (secondary N) is 2. The van der Waals surface area contributed by atoms with Crippen molar-refractivity contribution in [2.24, 2.45) is 0 Å². The Morgan fingerprint density at radius 3 is 2.59 bits per heavy atom. The summed E-state index contributed by atoms with van der Waals surface area (Å²) in [6, 6.07) is 6.78. The van der Waals surface area contributed by atoms with Crippen LogP contribution in [-0.2, 0) is 0 Å². The number of aromatic nitrogens is 3. The number of nitrogens with zero attached hydrogens (tertiary/aromatic N) is 3. The van der Waals surface area contributed by atoms with Gasteiger partial charge in [0.05, 0.1) is 28.0 Å². The molecule has 0 saturated carbocycles. The summed E-state index contributed by atoms with van der Waals surface area (Å²) < 4.78 is 1.83. The Morgan fingerprint density at radius 2 is 1.93 bits per heavy atom. The van der Waals surface area contributed by atoms with Crippen LogP contribution in [0.1, 0.15) is 59.6 Å². The van der Waals surface area contributed by atoms with Gasteiger partial charge >= 0.3 is 0 Å². The molecule has 0 radical (unpaired) electrons. The average Bonchev–Trinajstić information content (AvgIpc) is 3.08. The fraction of sp³-hybridized carbons (Fsp3) is 0.333. The molecule has 0 aliphatic heterocycles. The minimum Gasteiger partial charge on any atom is -0.352 e. The third kappa shape index (κ3) is 4.40. The summed E-state index contributed by atoms with van der Waals surface area (Å²) in [5.41, 5.74) is 2.70. The second-order valence-electron chi connectivity index (χ2n) is 7.12. The lowest BCUT2D eigenvalue weighted by molar-refractivity contribution is 0.0953. The predicted octanol–water partition coefficient (Wildman–Crippen LogP) is 4.37. The van der Waals surface area contributed by atoms with E-state index in [-0.39, 0.29) is 22.9 Å². The number of aryl methyl sites for hydroxylation is 1. The van der Waals surface area contributed by atoms with E-state index < -0.39 is 0 Å². The molecule has 0 atom stereocenters. The molecular weight excluding hydrogens is 390 g/mol. The Labute approximate surface area is 174 Å². The van der Waals surface area contributed by atoms with E-state index in [0.29, 0.717) is 29.1 Å². The van der Waals surface area contributed by atoms with Crippen LogP contribution in [0.25, 0.3) is 11.0 Å². The molecule has 0 spiro atoms. The smallest absolute Gasteiger partial charge is 0.257 e. The molecule has 29 heavy (non-hydrogen) atoms. The number of halogens is 1. The summed E-state index contributed by atoms with van der Waals surface area (Å²) in [6.45, 7) is 8.40. The van der Waals surface area contributed by atoms with E-state index in [1.54, 1.807) is 37.4 Å². The topological polar surface area (TPSA) is 88.9 Å². The minimum absolute atomic E-state index is 0.175. The number of pyridine rings is 1. The maximum Gasteiger partial charge on any atom is 0.257 e. The van der Waals surface area contributed by atoms with Gasteiger partial charge in [0, 0.05) is 23.7 Å². The van der Waals surface area contributed by atoms with Gasteiger partial charge in [-0.05, 0) is 51.5 Å². The van der Waals surface area contributed by atoms with E-state index >= 15 is 0 Å². The zero-order chi connectivity index (χ0) is 21.1. The van der Waals surface area contributed by atoms with E-state index in [9.17, 15) is 9.59 Å². The highest BCUT2D eigenvalue weighted by atomic mass is 35.5. The molecule has 2 heterocycles. The lowest BCUT2D eigenvalue weighted by Crippen LogP contribution is -2.24. The lowest BCUT2D eigenvalue weighted by atomic mass is 10.1. The monoisotopic (exact) mass is 413 g/mol. The van der Waals surface area contributed by atoms with Crippen molar-refractivity contribution >= 4 is 40.1 Å². The normalized spacial score (nSPS) is 11.1. The van der Waals surface area contributed by atoms with Gasteiger partial charge in [-0.2, -0.15) is 5.10 Å². The fourth-order valence-electron chi connectivity index (χ4n) is 2.98. The van der Waals surface area contributed by atoms with Gasteiger partial charge in [0.1, 0.15) is 0 Å². The van der Waals surface area contributed by atoms with Crippen molar-refractivity contribution in [2.75, 3.05) is 11.9 Å². The third-order valence-electron chi connectivity index (χ3n) is 4.50. The first-order chi connectivity index (χ1) is 13.8. The van der Waals surface area contributed by atoms with E-state index in [2.05, 4.69) is 20.7 Å². The highest BCUT2D eigenvalue weighted by Gasteiger charge is 2.17. The molecule has 3 aromatic rings. The molecule has 7 nitrogen and oxygen atoms in total. The molecule has 0 bridgehead atoms. The van der Waals surface area contributed by atoms with Crippen molar-refractivity contribution in [2.45, 2.75) is 40.2 Å². The summed E-state index contributed by atoms with van der Waals surface area (Å²) in [4.78, 5) is 29.5. The van der Waals surface area contributed by atoms with Crippen LogP contribution in [0.3, 0.4) is 0 Å². The molecule has 8 heteroatoms. The Kier molecular flexibility index (Phi) is 6.17. The summed E-state index contributed by atoms with van der Waals surface area (Å²) in [7, 11) is 0. The van der Waals surface area contributed by atoms with Crippen LogP contribution in [0.15, 0.2) is 30.5 Å². The summed E-state index contributed by atoms with van der Waals surface area (Å²) >= 11 is 6.24. The molecule has 0 saturated heterocycles. The molecule has 2 aromatic heterocycles. The zero-order valence-electron chi connectivity index (χ0n) is 16.9. The van der Waals surface area contributed by atoms with Gasteiger partial charge in [-0.3, -0.25) is 9.59 Å². The standard InChI is InChI=1S/C21H24ClN5O2/c1-5-8-23-20(28)16-7-6-15(10-18(16)22)26-21(29)17-9-14-11-24-27(12(2)3)19(14)25-13(17)4/h6-7,9-12H,5,8H2,1-4H3,(H,23,28)(H,26,29). The number of carbonyl (C=O) groups is 2. The van der Waals surface area contributed by atoms with Crippen molar-refractivity contribution in [3.05, 3.63) is 52.3 Å². The maximum atomic E-state index is 12.8. The van der Waals surface area contributed by atoms with Gasteiger partial charge in [0.2, 0.25) is 0 Å². The van der Waals surface area contributed by atoms with Gasteiger partial charge in [-0.1, -0.05) is 18.5 Å². The summed E-state index contributed by atoms with van der Waals surface area (Å²) in [5.74, 6) is -0.532. The van der Waals surface area contributed by atoms with E-state index in [0.717, 1.165) is 17.5 Å². The molecule has 0 unspecified atom stereocenters. The summed E-state index contributed by atoms with van der Waals surface area (Å²) in [6.07, 6.45) is 2.55. The number of benzene rings is 1. The predicted molar refractivity (Wildman–Crippen MR) is 115 cm³/mol. The van der Waals surface area contributed by atoms with Crippen molar-refractivity contribution in [1.82, 2.24) is 20.1 Å². The average molecular weight is 414 g/mol. The molecule has 0 aliphatic carbocycles. The van der Waals surface area contributed by atoms with Crippen LogP contribution in [0.5, 0.6) is 0 Å². The van der Waals surface area contributed by atoms with Gasteiger partial charge in [-0.15, -0.1) is 0 Å². The van der Waals surface area contributed by atoms with E-state index in [4.69, 9.17) is 11.6 Å². The lowest BCUT2D eigenvalue weighted by Gasteiger charge is -2.11. The quantitative estimate of drug-likeness (QED) is 0.628. The molecule has 0 fully saturated rings. The highest BCUT2D eigenvalue weighted by Crippen LogP contribution is 2.23. The number of fused-ring (bicyclic) bond motifs is 1. The fourth-order valence-corrected chi connectivity index (χ4v) is 3.25. The van der Waals surface area contributed by atoms with Crippen LogP contribution in [-0.4, -0.2) is 33.1 Å². The SMILES string of the molecule is CCCNC(=O)c1ccc(NC(=O)c2cc3cnn(C(C)C)c3nc2C)cc1Cl. The van der Waals surface area contributed by atoms with Gasteiger partial charge in [-0.25, -0.2) is 9.67 Å². The maximum absolute atomic E-state index is 12.8.